The van der Waals surface area contributed by atoms with E-state index in [-0.39, 0.29) is 6.17 Å². The van der Waals surface area contributed by atoms with E-state index in [9.17, 15) is 0 Å². The van der Waals surface area contributed by atoms with E-state index in [1.807, 2.05) is 38.6 Å². The van der Waals surface area contributed by atoms with Crippen LogP contribution in [-0.2, 0) is 0 Å². The van der Waals surface area contributed by atoms with Crippen molar-refractivity contribution < 1.29 is 9.15 Å². The molecule has 0 N–H and O–H groups in total. The minimum absolute atomic E-state index is 0.138. The maximum absolute atomic E-state index is 5.51. The summed E-state index contributed by atoms with van der Waals surface area (Å²) in [4.78, 5) is 4.16. The topological polar surface area (TPSA) is 28.9 Å². The molecule has 1 aliphatic heterocycles. The second-order valence-corrected chi connectivity index (χ2v) is 3.36. The molecule has 0 atom stereocenters. The fourth-order valence-electron chi connectivity index (χ4n) is 1.64. The number of furan rings is 1. The summed E-state index contributed by atoms with van der Waals surface area (Å²) in [5.41, 5.74) is 0. The number of methoxy groups -OCH3 is 1. The Labute approximate surface area is 83.4 Å². The average molecular weight is 194 g/mol. The van der Waals surface area contributed by atoms with Crippen molar-refractivity contribution in [2.75, 3.05) is 21.2 Å². The van der Waals surface area contributed by atoms with Crippen molar-refractivity contribution in [1.82, 2.24) is 9.80 Å². The van der Waals surface area contributed by atoms with Gasteiger partial charge in [0.2, 0.25) is 0 Å². The molecule has 2 heterocycles. The first-order valence-corrected chi connectivity index (χ1v) is 4.48. The monoisotopic (exact) mass is 194 g/mol. The van der Waals surface area contributed by atoms with Crippen LogP contribution in [0.4, 0.5) is 0 Å². The third-order valence-electron chi connectivity index (χ3n) is 2.37. The Morgan fingerprint density at radius 3 is 2.36 bits per heavy atom. The van der Waals surface area contributed by atoms with Crippen LogP contribution in [0.1, 0.15) is 11.9 Å². The molecule has 0 amide bonds. The first-order chi connectivity index (χ1) is 6.72. The number of hydrogen-bond donors (Lipinski definition) is 0. The molecule has 1 aliphatic rings. The van der Waals surface area contributed by atoms with Gasteiger partial charge in [0.25, 0.3) is 5.95 Å². The molecule has 4 nitrogen and oxygen atoms in total. The molecule has 0 aliphatic carbocycles. The Morgan fingerprint density at radius 2 is 1.86 bits per heavy atom. The molecular formula is C10H14N2O2. The molecule has 0 spiro atoms. The summed E-state index contributed by atoms with van der Waals surface area (Å²) in [6.07, 6.45) is 4.16. The van der Waals surface area contributed by atoms with Crippen LogP contribution in [0.15, 0.2) is 28.9 Å². The Balaban J connectivity index is 2.22. The lowest BCUT2D eigenvalue weighted by molar-refractivity contribution is 0.165. The van der Waals surface area contributed by atoms with Crippen LogP contribution in [0.5, 0.6) is 5.95 Å². The summed E-state index contributed by atoms with van der Waals surface area (Å²) >= 11 is 0. The second kappa shape index (κ2) is 3.29. The molecule has 0 aromatic carbocycles. The van der Waals surface area contributed by atoms with Crippen molar-refractivity contribution >= 4 is 0 Å². The van der Waals surface area contributed by atoms with Gasteiger partial charge in [-0.2, -0.15) is 0 Å². The van der Waals surface area contributed by atoms with Gasteiger partial charge in [0.15, 0.2) is 11.9 Å². The summed E-state index contributed by atoms with van der Waals surface area (Å²) in [5.74, 6) is 1.44. The fourth-order valence-corrected chi connectivity index (χ4v) is 1.64. The number of rotatable bonds is 2. The first kappa shape index (κ1) is 8.99. The average Bonchev–Trinajstić information content (AvgIpc) is 2.73. The van der Waals surface area contributed by atoms with Gasteiger partial charge in [-0.05, 0) is 6.07 Å². The smallest absolute Gasteiger partial charge is 0.284 e. The highest BCUT2D eigenvalue weighted by Gasteiger charge is 2.25. The minimum Gasteiger partial charge on any atom is -0.468 e. The summed E-state index contributed by atoms with van der Waals surface area (Å²) in [5, 5.41) is 0. The van der Waals surface area contributed by atoms with Crippen molar-refractivity contribution in [1.29, 1.82) is 0 Å². The molecule has 0 saturated heterocycles. The predicted molar refractivity (Wildman–Crippen MR) is 52.7 cm³/mol. The first-order valence-electron chi connectivity index (χ1n) is 4.48. The maximum Gasteiger partial charge on any atom is 0.284 e. The van der Waals surface area contributed by atoms with Crippen molar-refractivity contribution in [3.63, 3.8) is 0 Å². The van der Waals surface area contributed by atoms with Crippen LogP contribution in [-0.4, -0.2) is 31.0 Å². The van der Waals surface area contributed by atoms with Crippen molar-refractivity contribution in [2.24, 2.45) is 0 Å². The van der Waals surface area contributed by atoms with Crippen LogP contribution in [0, 0.1) is 0 Å². The van der Waals surface area contributed by atoms with Crippen molar-refractivity contribution in [3.05, 3.63) is 30.3 Å². The molecule has 4 heteroatoms. The van der Waals surface area contributed by atoms with E-state index < -0.39 is 0 Å². The molecule has 0 fully saturated rings. The van der Waals surface area contributed by atoms with E-state index >= 15 is 0 Å². The second-order valence-electron chi connectivity index (χ2n) is 3.36. The van der Waals surface area contributed by atoms with Gasteiger partial charge in [-0.1, -0.05) is 0 Å². The largest absolute Gasteiger partial charge is 0.468 e. The predicted octanol–water partition coefficient (Wildman–Crippen LogP) is 1.64. The van der Waals surface area contributed by atoms with Gasteiger partial charge in [0, 0.05) is 32.6 Å². The summed E-state index contributed by atoms with van der Waals surface area (Å²) < 4.78 is 10.5. The van der Waals surface area contributed by atoms with Gasteiger partial charge in [0.1, 0.15) is 0 Å². The molecule has 0 saturated carbocycles. The highest BCUT2D eigenvalue weighted by atomic mass is 16.6. The zero-order valence-corrected chi connectivity index (χ0v) is 8.60. The van der Waals surface area contributed by atoms with E-state index in [4.69, 9.17) is 9.15 Å². The van der Waals surface area contributed by atoms with Crippen LogP contribution >= 0.6 is 0 Å². The molecule has 76 valence electrons. The quantitative estimate of drug-likeness (QED) is 0.715. The Bertz CT molecular complexity index is 334. The van der Waals surface area contributed by atoms with Crippen molar-refractivity contribution in [3.8, 4) is 5.95 Å². The van der Waals surface area contributed by atoms with Gasteiger partial charge in [-0.25, -0.2) is 0 Å². The Morgan fingerprint density at radius 1 is 1.21 bits per heavy atom. The van der Waals surface area contributed by atoms with Gasteiger partial charge in [0.05, 0.1) is 7.11 Å². The summed E-state index contributed by atoms with van der Waals surface area (Å²) in [6, 6.07) is 3.76. The van der Waals surface area contributed by atoms with Crippen molar-refractivity contribution in [2.45, 2.75) is 6.17 Å². The van der Waals surface area contributed by atoms with E-state index in [0.29, 0.717) is 5.95 Å². The molecule has 1 aromatic heterocycles. The molecule has 0 bridgehead atoms. The molecule has 1 aromatic rings. The van der Waals surface area contributed by atoms with Gasteiger partial charge >= 0.3 is 0 Å². The van der Waals surface area contributed by atoms with E-state index in [0.717, 1.165) is 5.76 Å². The van der Waals surface area contributed by atoms with E-state index in [1.54, 1.807) is 7.11 Å². The molecule has 2 rings (SSSR count). The lowest BCUT2D eigenvalue weighted by Gasteiger charge is -2.25. The van der Waals surface area contributed by atoms with Gasteiger partial charge in [-0.15, -0.1) is 0 Å². The normalized spacial score (nSPS) is 16.8. The molecule has 0 unspecified atom stereocenters. The molecular weight excluding hydrogens is 180 g/mol. The summed E-state index contributed by atoms with van der Waals surface area (Å²) in [7, 11) is 5.63. The van der Waals surface area contributed by atoms with E-state index in [2.05, 4.69) is 9.80 Å². The third-order valence-corrected chi connectivity index (χ3v) is 2.37. The third kappa shape index (κ3) is 1.32. The maximum atomic E-state index is 5.51. The SMILES string of the molecule is COc1ccc(C2N(C)C=CN2C)o1. The van der Waals surface area contributed by atoms with Gasteiger partial charge in [-0.3, -0.25) is 0 Å². The standard InChI is InChI=1S/C10H14N2O2/c1-11-6-7-12(2)10(11)8-4-5-9(13-3)14-8/h4-7,10H,1-3H3. The van der Waals surface area contributed by atoms with Crippen LogP contribution in [0.2, 0.25) is 0 Å². The van der Waals surface area contributed by atoms with Crippen LogP contribution in [0.25, 0.3) is 0 Å². The molecule has 0 radical (unpaired) electrons. The Kier molecular flexibility index (Phi) is 2.11. The fraction of sp³-hybridized carbons (Fsp3) is 0.400. The highest BCUT2D eigenvalue weighted by molar-refractivity contribution is 5.17. The number of ether oxygens (including phenoxy) is 1. The lowest BCUT2D eigenvalue weighted by atomic mass is 10.3. The van der Waals surface area contributed by atoms with E-state index in [1.165, 1.54) is 0 Å². The zero-order valence-electron chi connectivity index (χ0n) is 8.60. The van der Waals surface area contributed by atoms with Crippen LogP contribution < -0.4 is 4.74 Å². The lowest BCUT2D eigenvalue weighted by Crippen LogP contribution is -2.24. The highest BCUT2D eigenvalue weighted by Crippen LogP contribution is 2.30. The summed E-state index contributed by atoms with van der Waals surface area (Å²) in [6.45, 7) is 0. The number of hydrogen-bond acceptors (Lipinski definition) is 4. The minimum atomic E-state index is 0.138. The zero-order chi connectivity index (χ0) is 10.1. The number of nitrogens with zero attached hydrogens (tertiary/aromatic N) is 2. The van der Waals surface area contributed by atoms with Gasteiger partial charge < -0.3 is 19.0 Å². The van der Waals surface area contributed by atoms with Crippen LogP contribution in [0.3, 0.4) is 0 Å². The Hall–Kier alpha value is -1.58. The molecule has 14 heavy (non-hydrogen) atoms.